The van der Waals surface area contributed by atoms with Crippen LogP contribution < -0.4 is 0 Å². The van der Waals surface area contributed by atoms with Crippen LogP contribution in [0, 0.1) is 13.8 Å². The van der Waals surface area contributed by atoms with E-state index in [1.54, 1.807) is 22.7 Å². The summed E-state index contributed by atoms with van der Waals surface area (Å²) in [5.74, 6) is 0. The van der Waals surface area contributed by atoms with Crippen LogP contribution in [-0.2, 0) is 65.4 Å². The van der Waals surface area contributed by atoms with Crippen LogP contribution in [0.3, 0.4) is 0 Å². The van der Waals surface area contributed by atoms with Gasteiger partial charge >= 0.3 is 0 Å². The van der Waals surface area contributed by atoms with E-state index in [0.29, 0.717) is 0 Å². The fourth-order valence-corrected chi connectivity index (χ4v) is 1.68. The van der Waals surface area contributed by atoms with Gasteiger partial charge in [0.2, 0.25) is 0 Å². The van der Waals surface area contributed by atoms with Gasteiger partial charge < -0.3 is 0 Å². The zero-order valence-electron chi connectivity index (χ0n) is 11.8. The molecule has 2 radical (unpaired) electrons. The van der Waals surface area contributed by atoms with Crippen molar-refractivity contribution in [1.29, 1.82) is 0 Å². The van der Waals surface area contributed by atoms with E-state index < -0.39 is 0 Å². The molecule has 0 unspecified atom stereocenters. The zero-order chi connectivity index (χ0) is 12.8. The first-order valence-electron chi connectivity index (χ1n) is 5.48. The third-order valence-corrected chi connectivity index (χ3v) is 2.62. The van der Waals surface area contributed by atoms with Crippen molar-refractivity contribution in [2.75, 3.05) is 0 Å². The van der Waals surface area contributed by atoms with Crippen molar-refractivity contribution in [3.63, 3.8) is 0 Å². The van der Waals surface area contributed by atoms with Crippen molar-refractivity contribution in [2.45, 2.75) is 27.7 Å². The molecule has 2 heterocycles. The monoisotopic (exact) mass is 432 g/mol. The van der Waals surface area contributed by atoms with Crippen LogP contribution in [0.2, 0.25) is 0 Å². The molecule has 2 rings (SSSR count). The maximum atomic E-state index is 3.70. The van der Waals surface area contributed by atoms with E-state index in [2.05, 4.69) is 13.8 Å². The van der Waals surface area contributed by atoms with Crippen LogP contribution in [0.15, 0.2) is 34.3 Å². The third kappa shape index (κ3) is 19.7. The zero-order valence-corrected chi connectivity index (χ0v) is 19.2. The van der Waals surface area contributed by atoms with Gasteiger partial charge in [-0.2, -0.15) is 36.0 Å². The Morgan fingerprint density at radius 1 is 0.889 bits per heavy atom. The van der Waals surface area contributed by atoms with Crippen LogP contribution in [0.5, 0.6) is 0 Å². The molecule has 0 aliphatic rings. The van der Waals surface area contributed by atoms with Crippen molar-refractivity contribution in [1.82, 2.24) is 0 Å². The number of hydrogen-bond donors (Lipinski definition) is 0. The number of thiophene rings is 2. The van der Waals surface area contributed by atoms with E-state index in [0.717, 1.165) is 10.4 Å². The van der Waals surface area contributed by atoms with Gasteiger partial charge in [-0.25, -0.2) is 18.3 Å². The summed E-state index contributed by atoms with van der Waals surface area (Å²) in [5, 5.41) is 6.05. The van der Waals surface area contributed by atoms with Crippen LogP contribution in [0.1, 0.15) is 38.1 Å². The maximum absolute atomic E-state index is 3.70. The molecule has 0 aliphatic carbocycles. The summed E-state index contributed by atoms with van der Waals surface area (Å²) < 4.78 is 0. The van der Waals surface area contributed by atoms with E-state index in [1.165, 1.54) is 0 Å². The fourth-order valence-electron chi connectivity index (χ4n) is 0.605. The second-order valence-corrected chi connectivity index (χ2v) is 4.02. The topological polar surface area (TPSA) is 0 Å². The minimum atomic E-state index is 0. The molecule has 0 saturated carbocycles. The standard InChI is InChI=1S/2C5H5S.2C2H6.2Y/c1-5-2-3-6-4-5;1-5-3-2-4-6-5;2*1-2;;/h2*2-4H,1H2;2*1-2H3;;/q2*-1;;;;. The van der Waals surface area contributed by atoms with Crippen molar-refractivity contribution >= 4 is 22.7 Å². The SMILES string of the molecule is CC.CC.[CH2-]c1cccs1.[CH2-]c1ccsc1.[Y].[Y]. The summed E-state index contributed by atoms with van der Waals surface area (Å²) >= 11 is 3.34. The molecule has 0 atom stereocenters. The molecule has 2 aromatic rings. The Bertz CT molecular complexity index is 257. The molecule has 0 N–H and O–H groups in total. The summed E-state index contributed by atoms with van der Waals surface area (Å²) in [4.78, 5) is 1.13. The first-order chi connectivity index (χ1) is 7.79. The maximum Gasteiger partial charge on any atom is 0 e. The van der Waals surface area contributed by atoms with E-state index in [1.807, 2.05) is 62.0 Å². The van der Waals surface area contributed by atoms with Crippen LogP contribution in [-0.4, -0.2) is 0 Å². The van der Waals surface area contributed by atoms with Gasteiger partial charge in [-0.1, -0.05) is 33.1 Å². The molecule has 98 valence electrons. The van der Waals surface area contributed by atoms with E-state index in [-0.39, 0.29) is 65.4 Å². The Morgan fingerprint density at radius 3 is 1.56 bits per heavy atom. The fraction of sp³-hybridized carbons (Fsp3) is 0.286. The predicted molar refractivity (Wildman–Crippen MR) is 80.3 cm³/mol. The normalized spacial score (nSPS) is 6.44. The van der Waals surface area contributed by atoms with Gasteiger partial charge in [-0.15, -0.1) is 16.3 Å². The Kier molecular flexibility index (Phi) is 36.0. The minimum Gasteiger partial charge on any atom is -0.234 e. The second-order valence-electron chi connectivity index (χ2n) is 2.21. The predicted octanol–water partition coefficient (Wildman–Crippen LogP) is 5.91. The molecule has 0 fully saturated rings. The van der Waals surface area contributed by atoms with Gasteiger partial charge in [0.1, 0.15) is 0 Å². The average Bonchev–Trinajstić information content (AvgIpc) is 2.98. The van der Waals surface area contributed by atoms with Crippen molar-refractivity contribution in [3.05, 3.63) is 58.6 Å². The summed E-state index contributed by atoms with van der Waals surface area (Å²) in [6.45, 7) is 15.4. The van der Waals surface area contributed by atoms with Crippen LogP contribution in [0.4, 0.5) is 0 Å². The first-order valence-corrected chi connectivity index (χ1v) is 7.31. The Hall–Kier alpha value is 1.35. The quantitative estimate of drug-likeness (QED) is 0.455. The summed E-state index contributed by atoms with van der Waals surface area (Å²) in [6.07, 6.45) is 0. The van der Waals surface area contributed by atoms with Gasteiger partial charge in [0.25, 0.3) is 0 Å². The van der Waals surface area contributed by atoms with Crippen molar-refractivity contribution in [2.24, 2.45) is 0 Å². The second kappa shape index (κ2) is 23.4. The first kappa shape index (κ1) is 27.7. The minimum absolute atomic E-state index is 0. The van der Waals surface area contributed by atoms with Crippen molar-refractivity contribution < 1.29 is 65.4 Å². The average molecular weight is 432 g/mol. The molecule has 0 spiro atoms. The molecular formula is C14H22S2Y2-2. The molecular weight excluding hydrogens is 410 g/mol. The summed E-state index contributed by atoms with van der Waals surface area (Å²) in [6, 6.07) is 5.97. The van der Waals surface area contributed by atoms with E-state index in [9.17, 15) is 0 Å². The van der Waals surface area contributed by atoms with E-state index in [4.69, 9.17) is 0 Å². The summed E-state index contributed by atoms with van der Waals surface area (Å²) in [7, 11) is 0. The third-order valence-electron chi connectivity index (χ3n) is 1.16. The summed E-state index contributed by atoms with van der Waals surface area (Å²) in [5.41, 5.74) is 1.11. The molecule has 0 nitrogen and oxygen atoms in total. The van der Waals surface area contributed by atoms with Gasteiger partial charge in [0, 0.05) is 65.4 Å². The smallest absolute Gasteiger partial charge is 0 e. The van der Waals surface area contributed by atoms with Gasteiger partial charge in [0.05, 0.1) is 0 Å². The molecule has 0 saturated heterocycles. The Labute approximate surface area is 172 Å². The number of rotatable bonds is 0. The van der Waals surface area contributed by atoms with Crippen LogP contribution >= 0.6 is 22.7 Å². The largest absolute Gasteiger partial charge is 0.234 e. The molecule has 0 amide bonds. The molecule has 18 heavy (non-hydrogen) atoms. The molecule has 4 heteroatoms. The molecule has 0 aromatic carbocycles. The van der Waals surface area contributed by atoms with Crippen LogP contribution in [0.25, 0.3) is 0 Å². The Balaban J connectivity index is -0.0000000787. The van der Waals surface area contributed by atoms with Crippen molar-refractivity contribution in [3.8, 4) is 0 Å². The molecule has 0 aliphatic heterocycles. The van der Waals surface area contributed by atoms with E-state index >= 15 is 0 Å². The Morgan fingerprint density at radius 2 is 1.44 bits per heavy atom. The van der Waals surface area contributed by atoms with Gasteiger partial charge in [0.15, 0.2) is 0 Å². The van der Waals surface area contributed by atoms with Gasteiger partial charge in [-0.3, -0.25) is 0 Å². The van der Waals surface area contributed by atoms with Gasteiger partial charge in [-0.05, 0) is 5.38 Å². The number of hydrogen-bond acceptors (Lipinski definition) is 2. The molecule has 2 aromatic heterocycles. The molecule has 0 bridgehead atoms.